The molecule has 25 heavy (non-hydrogen) atoms. The van der Waals surface area contributed by atoms with Crippen LogP contribution in [0.5, 0.6) is 0 Å². The van der Waals surface area contributed by atoms with E-state index in [-0.39, 0.29) is 5.82 Å². The summed E-state index contributed by atoms with van der Waals surface area (Å²) in [6.07, 6.45) is 0.931. The first-order valence-corrected chi connectivity index (χ1v) is 8.66. The molecule has 1 atom stereocenters. The Hall–Kier alpha value is -2.21. The molecular weight excluding hydrogens is 317 g/mol. The van der Waals surface area contributed by atoms with Crippen molar-refractivity contribution in [3.8, 4) is 11.3 Å². The van der Waals surface area contributed by atoms with Crippen LogP contribution < -0.4 is 10.6 Å². The number of aromatic amines is 1. The van der Waals surface area contributed by atoms with Crippen molar-refractivity contribution in [3.63, 3.8) is 0 Å². The lowest BCUT2D eigenvalue weighted by molar-refractivity contribution is 0.142. The molecule has 0 radical (unpaired) electrons. The summed E-state index contributed by atoms with van der Waals surface area (Å²) in [5, 5.41) is 17.4. The maximum atomic E-state index is 14.0. The van der Waals surface area contributed by atoms with Gasteiger partial charge in [-0.15, -0.1) is 0 Å². The molecule has 0 bridgehead atoms. The lowest BCUT2D eigenvalue weighted by atomic mass is 9.99. The smallest absolute Gasteiger partial charge is 0.131 e. The Kier molecular flexibility index (Phi) is 4.29. The van der Waals surface area contributed by atoms with Crippen LogP contribution in [0.25, 0.3) is 22.2 Å². The van der Waals surface area contributed by atoms with E-state index < -0.39 is 6.23 Å². The summed E-state index contributed by atoms with van der Waals surface area (Å²) in [5.41, 5.74) is 5.86. The average Bonchev–Trinajstić information content (AvgIpc) is 2.89. The van der Waals surface area contributed by atoms with Crippen LogP contribution in [0.4, 0.5) is 4.39 Å². The summed E-state index contributed by atoms with van der Waals surface area (Å²) in [7, 11) is 1.95. The highest BCUT2D eigenvalue weighted by molar-refractivity contribution is 5.94. The highest BCUT2D eigenvalue weighted by atomic mass is 19.1. The molecule has 2 heterocycles. The SMILES string of the molecule is CNCCc1ccc(-c2[nH]c3cc(F)cc4c3c2CCNC4O)cc1. The molecule has 1 aliphatic heterocycles. The minimum Gasteiger partial charge on any atom is -0.374 e. The van der Waals surface area contributed by atoms with Gasteiger partial charge in [0.25, 0.3) is 0 Å². The van der Waals surface area contributed by atoms with Crippen molar-refractivity contribution < 1.29 is 9.50 Å². The van der Waals surface area contributed by atoms with Crippen LogP contribution in [-0.4, -0.2) is 30.2 Å². The second-order valence-electron chi connectivity index (χ2n) is 6.55. The van der Waals surface area contributed by atoms with E-state index in [9.17, 15) is 9.50 Å². The van der Waals surface area contributed by atoms with Gasteiger partial charge >= 0.3 is 0 Å². The Morgan fingerprint density at radius 2 is 2.04 bits per heavy atom. The minimum absolute atomic E-state index is 0.341. The number of aliphatic hydroxyl groups excluding tert-OH is 1. The van der Waals surface area contributed by atoms with Crippen molar-refractivity contribution >= 4 is 10.9 Å². The summed E-state index contributed by atoms with van der Waals surface area (Å²) in [5.74, 6) is -0.341. The van der Waals surface area contributed by atoms with Gasteiger partial charge in [0.05, 0.1) is 0 Å². The number of halogens is 1. The van der Waals surface area contributed by atoms with Gasteiger partial charge in [0.2, 0.25) is 0 Å². The molecule has 0 saturated heterocycles. The van der Waals surface area contributed by atoms with Crippen molar-refractivity contribution in [1.29, 1.82) is 0 Å². The number of aliphatic hydroxyl groups is 1. The molecular formula is C20H22FN3O. The molecule has 0 spiro atoms. The molecule has 0 saturated carbocycles. The standard InChI is InChI=1S/C20H22FN3O/c1-22-8-6-12-2-4-13(5-3-12)19-15-7-9-23-20(25)16-10-14(21)11-17(24-19)18(15)16/h2-5,10-11,20,22-25H,6-9H2,1H3. The van der Waals surface area contributed by atoms with Gasteiger partial charge in [0.15, 0.2) is 0 Å². The Morgan fingerprint density at radius 3 is 2.80 bits per heavy atom. The van der Waals surface area contributed by atoms with Crippen LogP contribution in [0, 0.1) is 5.82 Å². The van der Waals surface area contributed by atoms with Crippen LogP contribution >= 0.6 is 0 Å². The summed E-state index contributed by atoms with van der Waals surface area (Å²) < 4.78 is 14.0. The van der Waals surface area contributed by atoms with Gasteiger partial charge in [-0.1, -0.05) is 24.3 Å². The van der Waals surface area contributed by atoms with Crippen molar-refractivity contribution in [2.75, 3.05) is 20.1 Å². The Balaban J connectivity index is 1.82. The zero-order chi connectivity index (χ0) is 17.4. The molecule has 130 valence electrons. The molecule has 4 nitrogen and oxygen atoms in total. The van der Waals surface area contributed by atoms with Crippen LogP contribution in [0.3, 0.4) is 0 Å². The predicted octanol–water partition coefficient (Wildman–Crippen LogP) is 2.87. The molecule has 2 aromatic carbocycles. The third kappa shape index (κ3) is 2.95. The van der Waals surface area contributed by atoms with Gasteiger partial charge in [-0.3, -0.25) is 5.32 Å². The van der Waals surface area contributed by atoms with Crippen LogP contribution in [0.1, 0.15) is 22.9 Å². The highest BCUT2D eigenvalue weighted by Crippen LogP contribution is 2.36. The molecule has 1 unspecified atom stereocenters. The van der Waals surface area contributed by atoms with E-state index in [1.54, 1.807) is 0 Å². The molecule has 3 aromatic rings. The lowest BCUT2D eigenvalue weighted by Crippen LogP contribution is -2.21. The number of nitrogens with one attached hydrogen (secondary N) is 3. The van der Waals surface area contributed by atoms with E-state index in [1.165, 1.54) is 17.7 Å². The van der Waals surface area contributed by atoms with Gasteiger partial charge in [-0.25, -0.2) is 4.39 Å². The summed E-state index contributed by atoms with van der Waals surface area (Å²) >= 11 is 0. The number of rotatable bonds is 4. The number of aromatic nitrogens is 1. The summed E-state index contributed by atoms with van der Waals surface area (Å²) in [6, 6.07) is 11.4. The summed E-state index contributed by atoms with van der Waals surface area (Å²) in [4.78, 5) is 3.37. The monoisotopic (exact) mass is 339 g/mol. The molecule has 5 heteroatoms. The normalized spacial score (nSPS) is 17.0. The fraction of sp³-hybridized carbons (Fsp3) is 0.300. The lowest BCUT2D eigenvalue weighted by Gasteiger charge is -2.11. The van der Waals surface area contributed by atoms with Crippen molar-refractivity contribution in [3.05, 3.63) is 58.9 Å². The van der Waals surface area contributed by atoms with Crippen LogP contribution in [0.2, 0.25) is 0 Å². The summed E-state index contributed by atoms with van der Waals surface area (Å²) in [6.45, 7) is 1.60. The minimum atomic E-state index is -0.841. The van der Waals surface area contributed by atoms with Gasteiger partial charge in [0, 0.05) is 28.7 Å². The molecule has 0 amide bonds. The van der Waals surface area contributed by atoms with Gasteiger partial charge in [-0.2, -0.15) is 0 Å². The maximum Gasteiger partial charge on any atom is 0.131 e. The third-order valence-electron chi connectivity index (χ3n) is 4.91. The van der Waals surface area contributed by atoms with Crippen LogP contribution in [-0.2, 0) is 12.8 Å². The number of hydrogen-bond donors (Lipinski definition) is 4. The van der Waals surface area contributed by atoms with E-state index in [2.05, 4.69) is 39.9 Å². The molecule has 4 N–H and O–H groups in total. The molecule has 1 aliphatic rings. The quantitative estimate of drug-likeness (QED) is 0.591. The van der Waals surface area contributed by atoms with E-state index >= 15 is 0 Å². The zero-order valence-electron chi connectivity index (χ0n) is 14.2. The highest BCUT2D eigenvalue weighted by Gasteiger charge is 2.23. The Labute approximate surface area is 146 Å². The van der Waals surface area contributed by atoms with Gasteiger partial charge in [-0.05, 0) is 55.3 Å². The molecule has 4 rings (SSSR count). The maximum absolute atomic E-state index is 14.0. The Bertz CT molecular complexity index is 901. The van der Waals surface area contributed by atoms with E-state index in [0.717, 1.165) is 47.1 Å². The fourth-order valence-electron chi connectivity index (χ4n) is 3.66. The number of likely N-dealkylation sites (N-methyl/N-ethyl adjacent to an activating group) is 1. The Morgan fingerprint density at radius 1 is 1.24 bits per heavy atom. The van der Waals surface area contributed by atoms with Crippen molar-refractivity contribution in [1.82, 2.24) is 15.6 Å². The second-order valence-corrected chi connectivity index (χ2v) is 6.55. The largest absolute Gasteiger partial charge is 0.374 e. The van der Waals surface area contributed by atoms with E-state index in [0.29, 0.717) is 12.1 Å². The topological polar surface area (TPSA) is 60.1 Å². The average molecular weight is 339 g/mol. The van der Waals surface area contributed by atoms with E-state index in [1.807, 2.05) is 7.05 Å². The van der Waals surface area contributed by atoms with Crippen molar-refractivity contribution in [2.45, 2.75) is 19.1 Å². The molecule has 0 fully saturated rings. The number of H-pyrrole nitrogens is 1. The van der Waals surface area contributed by atoms with Gasteiger partial charge in [0.1, 0.15) is 12.0 Å². The second kappa shape index (κ2) is 6.59. The predicted molar refractivity (Wildman–Crippen MR) is 98.0 cm³/mol. The zero-order valence-corrected chi connectivity index (χ0v) is 14.2. The first-order valence-electron chi connectivity index (χ1n) is 8.66. The number of hydrogen-bond acceptors (Lipinski definition) is 3. The van der Waals surface area contributed by atoms with Crippen molar-refractivity contribution in [2.24, 2.45) is 0 Å². The fourth-order valence-corrected chi connectivity index (χ4v) is 3.66. The van der Waals surface area contributed by atoms with Gasteiger partial charge < -0.3 is 15.4 Å². The first-order chi connectivity index (χ1) is 12.2. The molecule has 0 aliphatic carbocycles. The van der Waals surface area contributed by atoms with Crippen LogP contribution in [0.15, 0.2) is 36.4 Å². The van der Waals surface area contributed by atoms with E-state index in [4.69, 9.17) is 0 Å². The third-order valence-corrected chi connectivity index (χ3v) is 4.91. The number of benzene rings is 2. The molecule has 1 aromatic heterocycles. The first kappa shape index (κ1) is 16.3.